The maximum absolute atomic E-state index is 11.1. The van der Waals surface area contributed by atoms with Crippen molar-refractivity contribution in [3.8, 4) is 0 Å². The van der Waals surface area contributed by atoms with Crippen LogP contribution >= 0.6 is 0 Å². The first kappa shape index (κ1) is 10.9. The fourth-order valence-electron chi connectivity index (χ4n) is 0.792. The Labute approximate surface area is 72.4 Å². The quantitative estimate of drug-likeness (QED) is 0.278. The van der Waals surface area contributed by atoms with Crippen molar-refractivity contribution in [2.45, 2.75) is 27.2 Å². The van der Waals surface area contributed by atoms with Gasteiger partial charge in [-0.25, -0.2) is 4.79 Å². The molecule has 0 aliphatic heterocycles. The Morgan fingerprint density at radius 2 is 1.92 bits per heavy atom. The van der Waals surface area contributed by atoms with Crippen LogP contribution in [-0.2, 0) is 14.3 Å². The van der Waals surface area contributed by atoms with Crippen LogP contribution in [0.25, 0.3) is 0 Å². The van der Waals surface area contributed by atoms with Crippen LogP contribution in [0, 0.1) is 0 Å². The van der Waals surface area contributed by atoms with Crippen LogP contribution in [0.5, 0.6) is 0 Å². The summed E-state index contributed by atoms with van der Waals surface area (Å²) in [7, 11) is 0. The van der Waals surface area contributed by atoms with Crippen LogP contribution < -0.4 is 0 Å². The predicted octanol–water partition coefficient (Wildman–Crippen LogP) is 1.47. The molecule has 0 aromatic heterocycles. The van der Waals surface area contributed by atoms with Crippen LogP contribution in [0.3, 0.4) is 0 Å². The minimum Gasteiger partial charge on any atom is -0.462 e. The Morgan fingerprint density at radius 1 is 1.33 bits per heavy atom. The summed E-state index contributed by atoms with van der Waals surface area (Å²) < 4.78 is 4.69. The van der Waals surface area contributed by atoms with Gasteiger partial charge in [-0.2, -0.15) is 0 Å². The van der Waals surface area contributed by atoms with Gasteiger partial charge in [0.15, 0.2) is 5.78 Å². The van der Waals surface area contributed by atoms with Crippen molar-refractivity contribution in [1.29, 1.82) is 0 Å². The Morgan fingerprint density at radius 3 is 2.25 bits per heavy atom. The van der Waals surface area contributed by atoms with Crippen molar-refractivity contribution in [3.63, 3.8) is 0 Å². The first-order chi connectivity index (χ1) is 5.67. The van der Waals surface area contributed by atoms with Crippen LogP contribution in [0.1, 0.15) is 27.2 Å². The molecule has 0 radical (unpaired) electrons. The van der Waals surface area contributed by atoms with Gasteiger partial charge in [-0.3, -0.25) is 4.79 Å². The van der Waals surface area contributed by atoms with E-state index in [2.05, 4.69) is 4.74 Å². The molecule has 0 saturated carbocycles. The van der Waals surface area contributed by atoms with Crippen molar-refractivity contribution >= 4 is 11.8 Å². The molecule has 0 heterocycles. The zero-order chi connectivity index (χ0) is 9.56. The molecule has 0 saturated heterocycles. The summed E-state index contributed by atoms with van der Waals surface area (Å²) in [5, 5.41) is 0. The van der Waals surface area contributed by atoms with Crippen LogP contribution in [-0.4, -0.2) is 18.4 Å². The molecule has 0 spiro atoms. The summed E-state index contributed by atoms with van der Waals surface area (Å²) >= 11 is 0. The van der Waals surface area contributed by atoms with Gasteiger partial charge in [-0.1, -0.05) is 13.0 Å². The highest BCUT2D eigenvalue weighted by Crippen LogP contribution is 2.02. The Bertz CT molecular complexity index is 204. The van der Waals surface area contributed by atoms with Gasteiger partial charge < -0.3 is 4.74 Å². The molecule has 3 nitrogen and oxygen atoms in total. The van der Waals surface area contributed by atoms with E-state index in [-0.39, 0.29) is 11.4 Å². The maximum Gasteiger partial charge on any atom is 0.341 e. The van der Waals surface area contributed by atoms with Gasteiger partial charge in [0.25, 0.3) is 0 Å². The van der Waals surface area contributed by atoms with Crippen molar-refractivity contribution in [1.82, 2.24) is 0 Å². The summed E-state index contributed by atoms with van der Waals surface area (Å²) in [6, 6.07) is 0. The van der Waals surface area contributed by atoms with Gasteiger partial charge in [0, 0.05) is 6.42 Å². The summed E-state index contributed by atoms with van der Waals surface area (Å²) in [4.78, 5) is 22.2. The average Bonchev–Trinajstić information content (AvgIpc) is 2.06. The number of hydrogen-bond acceptors (Lipinski definition) is 3. The third-order valence-electron chi connectivity index (χ3n) is 1.41. The van der Waals surface area contributed by atoms with E-state index >= 15 is 0 Å². The molecule has 0 atom stereocenters. The van der Waals surface area contributed by atoms with Gasteiger partial charge in [-0.15, -0.1) is 0 Å². The van der Waals surface area contributed by atoms with Gasteiger partial charge in [0.1, 0.15) is 0 Å². The van der Waals surface area contributed by atoms with Gasteiger partial charge in [0.05, 0.1) is 12.2 Å². The van der Waals surface area contributed by atoms with E-state index in [4.69, 9.17) is 0 Å². The highest BCUT2D eigenvalue weighted by atomic mass is 16.5. The molecular weight excluding hydrogens is 156 g/mol. The molecule has 0 N–H and O–H groups in total. The second-order valence-electron chi connectivity index (χ2n) is 2.20. The van der Waals surface area contributed by atoms with Crippen LogP contribution in [0.4, 0.5) is 0 Å². The molecule has 0 aliphatic rings. The van der Waals surface area contributed by atoms with Gasteiger partial charge in [0.2, 0.25) is 0 Å². The molecule has 0 rings (SSSR count). The molecular formula is C9H14O3. The van der Waals surface area contributed by atoms with E-state index < -0.39 is 5.97 Å². The Kier molecular flexibility index (Phi) is 5.00. The lowest BCUT2D eigenvalue weighted by Gasteiger charge is -2.02. The monoisotopic (exact) mass is 170 g/mol. The first-order valence-electron chi connectivity index (χ1n) is 4.03. The highest BCUT2D eigenvalue weighted by molar-refractivity contribution is 6.17. The third kappa shape index (κ3) is 2.86. The number of allylic oxidation sites excluding steroid dienone is 1. The van der Waals surface area contributed by atoms with Crippen LogP contribution in [0.15, 0.2) is 11.6 Å². The zero-order valence-corrected chi connectivity index (χ0v) is 7.72. The molecule has 12 heavy (non-hydrogen) atoms. The second kappa shape index (κ2) is 5.52. The van der Waals surface area contributed by atoms with Gasteiger partial charge in [-0.05, 0) is 13.8 Å². The molecule has 0 unspecified atom stereocenters. The fourth-order valence-corrected chi connectivity index (χ4v) is 0.792. The number of carbonyl (C=O) groups excluding carboxylic acids is 2. The smallest absolute Gasteiger partial charge is 0.341 e. The lowest BCUT2D eigenvalue weighted by atomic mass is 10.1. The number of Topliss-reactive ketones (excluding diaryl/α,β-unsaturated/α-hetero) is 1. The molecule has 0 amide bonds. The second-order valence-corrected chi connectivity index (χ2v) is 2.20. The number of ether oxygens (including phenoxy) is 1. The lowest BCUT2D eigenvalue weighted by molar-refractivity contribution is -0.140. The standard InChI is InChI=1S/C9H14O3/c1-4-7(8(10)5-2)9(11)12-6-3/h4H,5-6H2,1-3H3/b7-4-. The largest absolute Gasteiger partial charge is 0.462 e. The summed E-state index contributed by atoms with van der Waals surface area (Å²) in [6.07, 6.45) is 1.82. The molecule has 0 bridgehead atoms. The normalized spacial score (nSPS) is 11.1. The van der Waals surface area contributed by atoms with Crippen molar-refractivity contribution in [2.75, 3.05) is 6.61 Å². The van der Waals surface area contributed by atoms with E-state index in [1.165, 1.54) is 6.08 Å². The third-order valence-corrected chi connectivity index (χ3v) is 1.41. The van der Waals surface area contributed by atoms with Crippen molar-refractivity contribution in [3.05, 3.63) is 11.6 Å². The van der Waals surface area contributed by atoms with Crippen molar-refractivity contribution < 1.29 is 14.3 Å². The number of rotatable bonds is 4. The minimum absolute atomic E-state index is 0.152. The number of carbonyl (C=O) groups is 2. The summed E-state index contributed by atoms with van der Waals surface area (Å²) in [5.74, 6) is -0.692. The highest BCUT2D eigenvalue weighted by Gasteiger charge is 2.15. The maximum atomic E-state index is 11.1. The predicted molar refractivity (Wildman–Crippen MR) is 45.7 cm³/mol. The molecule has 0 aliphatic carbocycles. The summed E-state index contributed by atoms with van der Waals surface area (Å²) in [5.41, 5.74) is 0.152. The average molecular weight is 170 g/mol. The lowest BCUT2D eigenvalue weighted by Crippen LogP contribution is -2.14. The zero-order valence-electron chi connectivity index (χ0n) is 7.72. The fraction of sp³-hybridized carbons (Fsp3) is 0.556. The van der Waals surface area contributed by atoms with E-state index in [1.54, 1.807) is 20.8 Å². The van der Waals surface area contributed by atoms with E-state index in [0.717, 1.165) is 0 Å². The molecule has 0 fully saturated rings. The molecule has 68 valence electrons. The molecule has 3 heteroatoms. The van der Waals surface area contributed by atoms with Crippen LogP contribution in [0.2, 0.25) is 0 Å². The molecule has 0 aromatic carbocycles. The van der Waals surface area contributed by atoms with E-state index in [0.29, 0.717) is 13.0 Å². The van der Waals surface area contributed by atoms with Crippen molar-refractivity contribution in [2.24, 2.45) is 0 Å². The number of hydrogen-bond donors (Lipinski definition) is 0. The SMILES string of the molecule is C/C=C(/C(=O)CC)C(=O)OCC. The topological polar surface area (TPSA) is 43.4 Å². The van der Waals surface area contributed by atoms with Gasteiger partial charge >= 0.3 is 5.97 Å². The Hall–Kier alpha value is -1.12. The Balaban J connectivity index is 4.37. The number of ketones is 1. The number of esters is 1. The van der Waals surface area contributed by atoms with E-state index in [9.17, 15) is 9.59 Å². The minimum atomic E-state index is -0.521. The van der Waals surface area contributed by atoms with E-state index in [1.807, 2.05) is 0 Å². The summed E-state index contributed by atoms with van der Waals surface area (Å²) in [6.45, 7) is 5.37. The first-order valence-corrected chi connectivity index (χ1v) is 4.03. The molecule has 0 aromatic rings.